The summed E-state index contributed by atoms with van der Waals surface area (Å²) in [6.45, 7) is 14.6. The molecule has 15 heteroatoms. The molecule has 3 amide bonds. The Bertz CT molecular complexity index is 2370. The van der Waals surface area contributed by atoms with Crippen molar-refractivity contribution in [1.82, 2.24) is 40.4 Å². The number of aliphatic hydroxyl groups excluding tert-OH is 1. The average molecular weight is 927 g/mol. The molecule has 6 fully saturated rings. The summed E-state index contributed by atoms with van der Waals surface area (Å²) in [4.78, 5) is 53.6. The maximum atomic E-state index is 14.2. The van der Waals surface area contributed by atoms with Crippen molar-refractivity contribution in [3.8, 4) is 29.4 Å². The number of piperazine rings is 1. The Morgan fingerprint density at radius 2 is 1.51 bits per heavy atom. The molecule has 4 saturated heterocycles. The minimum absolute atomic E-state index is 0.0517. The van der Waals surface area contributed by atoms with Gasteiger partial charge >= 0.3 is 0 Å². The molecule has 6 heterocycles. The highest BCUT2D eigenvalue weighted by atomic mass is 16.3. The Labute approximate surface area is 401 Å². The third-order valence-electron chi connectivity index (χ3n) is 16.7. The van der Waals surface area contributed by atoms with Crippen LogP contribution in [0.4, 0.5) is 11.5 Å². The number of hydrogen-bond acceptors (Lipinski definition) is 12. The molecule has 2 saturated carbocycles. The molecule has 0 radical (unpaired) electrons. The van der Waals surface area contributed by atoms with Crippen LogP contribution in [0, 0.1) is 29.1 Å². The molecule has 10 rings (SSSR count). The van der Waals surface area contributed by atoms with E-state index in [0.29, 0.717) is 35.4 Å². The molecular formula is C53H70N10O5. The second-order valence-corrected chi connectivity index (χ2v) is 22.2. The molecule has 0 bridgehead atoms. The van der Waals surface area contributed by atoms with Gasteiger partial charge < -0.3 is 45.8 Å². The second-order valence-electron chi connectivity index (χ2n) is 22.2. The Balaban J connectivity index is 0.646. The number of nitrogens with one attached hydrogen (secondary N) is 3. The van der Waals surface area contributed by atoms with Gasteiger partial charge in [0.2, 0.25) is 17.7 Å². The van der Waals surface area contributed by atoms with Crippen LogP contribution in [0.5, 0.6) is 5.75 Å². The number of likely N-dealkylation sites (tertiary alicyclic amines) is 3. The first-order valence-corrected chi connectivity index (χ1v) is 25.2. The van der Waals surface area contributed by atoms with Gasteiger partial charge in [-0.25, -0.2) is 0 Å². The molecule has 1 aromatic heterocycles. The zero-order chi connectivity index (χ0) is 47.3. The number of amides is 3. The van der Waals surface area contributed by atoms with Crippen LogP contribution in [0.2, 0.25) is 0 Å². The molecular weight excluding hydrogens is 857 g/mol. The fourth-order valence-corrected chi connectivity index (χ4v) is 12.8. The van der Waals surface area contributed by atoms with Crippen LogP contribution in [0.1, 0.15) is 89.7 Å². The molecule has 2 aliphatic carbocycles. The van der Waals surface area contributed by atoms with Crippen molar-refractivity contribution in [3.63, 3.8) is 0 Å². The van der Waals surface area contributed by atoms with Gasteiger partial charge in [0.05, 0.1) is 23.5 Å². The summed E-state index contributed by atoms with van der Waals surface area (Å²) in [5.41, 5.74) is 3.74. The molecule has 2 aromatic carbocycles. The Morgan fingerprint density at radius 1 is 0.838 bits per heavy atom. The number of hydrogen-bond donors (Lipinski definition) is 5. The number of nitrogens with zero attached hydrogens (tertiary/aromatic N) is 7. The molecule has 15 nitrogen and oxygen atoms in total. The standard InChI is InChI=1S/C53H70N10O5/c1-5-34-10-12-35(13-11-34)30-55-50(67)45-24-41(64)33-63(45)51(68)47(52(2,3)4)56-49(66)36-26-53(27-36)28-39(29-53)60-20-14-37(15-21-60)59-18-16-38(17-19-59)61-22-23-62-40(32-61)31-54-48-44(62)25-43(57-58-48)42-8-6-7-9-46(42)65/h1,6-13,25,36-41,45,47,64-65H,14-24,26-33H2,2-4H3,(H,54,58)(H,55,67)(H,56,66)/t36?,39?,40-,41+,45-,47+,53?/m0/s1. The van der Waals surface area contributed by atoms with Gasteiger partial charge in [0.1, 0.15) is 17.8 Å². The van der Waals surface area contributed by atoms with Crippen LogP contribution in [-0.4, -0.2) is 159 Å². The largest absolute Gasteiger partial charge is 0.507 e. The quantitative estimate of drug-likeness (QED) is 0.186. The number of terminal acetylenes is 1. The van der Waals surface area contributed by atoms with E-state index in [1.165, 1.54) is 43.7 Å². The number of β-amino-alcohol motifs (C(OH)–C–C–N with tert-alkyl or cyclic N) is 1. The Hall–Kier alpha value is -5.27. The maximum absolute atomic E-state index is 14.2. The van der Waals surface area contributed by atoms with Crippen molar-refractivity contribution in [2.24, 2.45) is 16.7 Å². The normalized spacial score (nSPS) is 28.6. The van der Waals surface area contributed by atoms with Crippen molar-refractivity contribution in [2.45, 2.75) is 127 Å². The molecule has 7 aliphatic rings. The minimum atomic E-state index is -0.822. The number of rotatable bonds is 10. The first-order chi connectivity index (χ1) is 32.7. The number of phenolic OH excluding ortho intramolecular Hbond substituents is 1. The van der Waals surface area contributed by atoms with Crippen molar-refractivity contribution < 1.29 is 24.6 Å². The number of carbonyl (C=O) groups is 3. The molecule has 5 N–H and O–H groups in total. The van der Waals surface area contributed by atoms with E-state index in [4.69, 9.17) is 6.42 Å². The lowest BCUT2D eigenvalue weighted by atomic mass is 9.49. The third kappa shape index (κ3) is 9.41. The molecule has 4 atom stereocenters. The summed E-state index contributed by atoms with van der Waals surface area (Å²) >= 11 is 0. The number of aromatic hydroxyl groups is 1. The summed E-state index contributed by atoms with van der Waals surface area (Å²) in [6.07, 6.45) is 13.7. The van der Waals surface area contributed by atoms with Crippen molar-refractivity contribution in [1.29, 1.82) is 0 Å². The smallest absolute Gasteiger partial charge is 0.246 e. The summed E-state index contributed by atoms with van der Waals surface area (Å²) < 4.78 is 0. The molecule has 5 aliphatic heterocycles. The van der Waals surface area contributed by atoms with Crippen LogP contribution in [0.3, 0.4) is 0 Å². The van der Waals surface area contributed by atoms with Gasteiger partial charge in [-0.1, -0.05) is 51.0 Å². The number of carbonyl (C=O) groups excluding carboxylic acids is 3. The van der Waals surface area contributed by atoms with Gasteiger partial charge in [0.25, 0.3) is 0 Å². The monoisotopic (exact) mass is 927 g/mol. The Morgan fingerprint density at radius 3 is 2.19 bits per heavy atom. The first kappa shape index (κ1) is 46.5. The van der Waals surface area contributed by atoms with Gasteiger partial charge in [-0.15, -0.1) is 16.6 Å². The van der Waals surface area contributed by atoms with E-state index >= 15 is 0 Å². The summed E-state index contributed by atoms with van der Waals surface area (Å²) in [5.74, 6) is 2.78. The highest BCUT2D eigenvalue weighted by Gasteiger charge is 2.57. The van der Waals surface area contributed by atoms with Crippen molar-refractivity contribution in [2.75, 3.05) is 69.1 Å². The fraction of sp³-hybridized carbons (Fsp3) is 0.604. The highest BCUT2D eigenvalue weighted by molar-refractivity contribution is 5.93. The second kappa shape index (κ2) is 18.9. The van der Waals surface area contributed by atoms with E-state index in [0.717, 1.165) is 87.6 Å². The molecule has 362 valence electrons. The predicted octanol–water partition coefficient (Wildman–Crippen LogP) is 4.04. The zero-order valence-electron chi connectivity index (χ0n) is 40.1. The number of para-hydroxylation sites is 1. The predicted molar refractivity (Wildman–Crippen MR) is 261 cm³/mol. The van der Waals surface area contributed by atoms with E-state index in [1.807, 2.05) is 63.2 Å². The topological polar surface area (TPSA) is 170 Å². The Kier molecular flexibility index (Phi) is 12.9. The van der Waals surface area contributed by atoms with Crippen LogP contribution in [0.15, 0.2) is 54.6 Å². The molecule has 1 spiro atoms. The van der Waals surface area contributed by atoms with Crippen LogP contribution in [-0.2, 0) is 20.9 Å². The van der Waals surface area contributed by atoms with Crippen LogP contribution < -0.4 is 20.9 Å². The van der Waals surface area contributed by atoms with Crippen LogP contribution >= 0.6 is 0 Å². The van der Waals surface area contributed by atoms with Crippen LogP contribution in [0.25, 0.3) is 11.3 Å². The zero-order valence-corrected chi connectivity index (χ0v) is 40.1. The van der Waals surface area contributed by atoms with E-state index in [9.17, 15) is 24.6 Å². The van der Waals surface area contributed by atoms with Gasteiger partial charge in [-0.2, -0.15) is 0 Å². The van der Waals surface area contributed by atoms with Gasteiger partial charge in [0, 0.05) is 80.9 Å². The number of anilines is 2. The number of aromatic nitrogens is 2. The van der Waals surface area contributed by atoms with Crippen molar-refractivity contribution in [3.05, 3.63) is 65.7 Å². The van der Waals surface area contributed by atoms with Gasteiger partial charge in [-0.05, 0) is 124 Å². The number of benzene rings is 2. The number of aliphatic hydroxyl groups is 1. The van der Waals surface area contributed by atoms with Crippen molar-refractivity contribution >= 4 is 29.2 Å². The van der Waals surface area contributed by atoms with Gasteiger partial charge in [0.15, 0.2) is 5.82 Å². The first-order valence-electron chi connectivity index (χ1n) is 25.2. The lowest BCUT2D eigenvalue weighted by molar-refractivity contribution is -0.150. The lowest BCUT2D eigenvalue weighted by Crippen LogP contribution is -2.63. The number of piperidine rings is 2. The van der Waals surface area contributed by atoms with E-state index in [2.05, 4.69) is 57.7 Å². The van der Waals surface area contributed by atoms with E-state index in [1.54, 1.807) is 6.07 Å². The van der Waals surface area contributed by atoms with E-state index < -0.39 is 23.6 Å². The molecule has 68 heavy (non-hydrogen) atoms. The van der Waals surface area contributed by atoms with Gasteiger partial charge in [-0.3, -0.25) is 19.3 Å². The minimum Gasteiger partial charge on any atom is -0.507 e. The third-order valence-corrected chi connectivity index (χ3v) is 16.7. The summed E-state index contributed by atoms with van der Waals surface area (Å²) in [6, 6.07) is 17.3. The molecule has 3 aromatic rings. The van der Waals surface area contributed by atoms with E-state index in [-0.39, 0.29) is 54.3 Å². The number of fused-ring (bicyclic) bond motifs is 3. The fourth-order valence-electron chi connectivity index (χ4n) is 12.8. The highest BCUT2D eigenvalue weighted by Crippen LogP contribution is 2.60. The molecule has 0 unspecified atom stereocenters. The SMILES string of the molecule is C#Cc1ccc(CNC(=O)[C@@H]2C[C@@H](O)CN2C(=O)[C@@H](NC(=O)C2CC3(C2)CC(N2CCC(N4CCC(N5CCN6c7cc(-c8ccccc8O)nnc7NC[C@H]6C5)CC4)CC2)C3)C(C)(C)C)cc1. The number of phenols is 1. The summed E-state index contributed by atoms with van der Waals surface area (Å²) in [5, 5.41) is 39.6. The lowest BCUT2D eigenvalue weighted by Gasteiger charge is -2.60. The average Bonchev–Trinajstić information content (AvgIpc) is 3.72. The summed E-state index contributed by atoms with van der Waals surface area (Å²) in [7, 11) is 0. The maximum Gasteiger partial charge on any atom is 0.246 e.